The van der Waals surface area contributed by atoms with Crippen molar-refractivity contribution >= 4 is 5.71 Å². The van der Waals surface area contributed by atoms with Gasteiger partial charge in [0.1, 0.15) is 0 Å². The Kier molecular flexibility index (Phi) is 4.80. The molecule has 0 bridgehead atoms. The largest absolute Gasteiger partial charge is 0.411 e. The Morgan fingerprint density at radius 1 is 1.47 bits per heavy atom. The molecule has 2 atom stereocenters. The van der Waals surface area contributed by atoms with Gasteiger partial charge in [0, 0.05) is 38.6 Å². The number of oxime groups is 1. The molecule has 98 valence electrons. The molecule has 2 unspecified atom stereocenters. The summed E-state index contributed by atoms with van der Waals surface area (Å²) in [5, 5.41) is 12.4. The average molecular weight is 240 g/mol. The van der Waals surface area contributed by atoms with Gasteiger partial charge in [-0.05, 0) is 25.7 Å². The van der Waals surface area contributed by atoms with Crippen molar-refractivity contribution in [3.8, 4) is 0 Å². The van der Waals surface area contributed by atoms with E-state index in [1.54, 1.807) is 0 Å². The first-order valence-electron chi connectivity index (χ1n) is 6.88. The van der Waals surface area contributed by atoms with E-state index >= 15 is 0 Å². The van der Waals surface area contributed by atoms with Crippen LogP contribution in [0.25, 0.3) is 0 Å². The van der Waals surface area contributed by atoms with Crippen LogP contribution in [0.15, 0.2) is 5.16 Å². The van der Waals surface area contributed by atoms with Gasteiger partial charge >= 0.3 is 0 Å². The summed E-state index contributed by atoms with van der Waals surface area (Å²) in [5.41, 5.74) is 0.980. The van der Waals surface area contributed by atoms with Crippen molar-refractivity contribution in [2.75, 3.05) is 26.2 Å². The minimum atomic E-state index is 0.425. The van der Waals surface area contributed by atoms with Gasteiger partial charge in [-0.25, -0.2) is 0 Å². The monoisotopic (exact) mass is 240 g/mol. The van der Waals surface area contributed by atoms with E-state index in [0.717, 1.165) is 44.8 Å². The van der Waals surface area contributed by atoms with Crippen LogP contribution in [0.2, 0.25) is 0 Å². The summed E-state index contributed by atoms with van der Waals surface area (Å²) < 4.78 is 5.78. The Morgan fingerprint density at radius 2 is 2.35 bits per heavy atom. The third-order valence-corrected chi connectivity index (χ3v) is 3.99. The van der Waals surface area contributed by atoms with Gasteiger partial charge in [-0.2, -0.15) is 0 Å². The van der Waals surface area contributed by atoms with Gasteiger partial charge in [0.15, 0.2) is 0 Å². The van der Waals surface area contributed by atoms with Crippen LogP contribution in [0.5, 0.6) is 0 Å². The minimum absolute atomic E-state index is 0.425. The van der Waals surface area contributed by atoms with Crippen LogP contribution in [-0.4, -0.2) is 48.2 Å². The molecule has 2 aliphatic heterocycles. The van der Waals surface area contributed by atoms with Crippen LogP contribution in [0.3, 0.4) is 0 Å². The molecular formula is C13H24N2O2. The normalized spacial score (nSPS) is 34.1. The summed E-state index contributed by atoms with van der Waals surface area (Å²) in [7, 11) is 0. The second-order valence-corrected chi connectivity index (χ2v) is 5.19. The third kappa shape index (κ3) is 3.42. The van der Waals surface area contributed by atoms with Gasteiger partial charge in [0.2, 0.25) is 0 Å². The molecule has 0 aromatic rings. The van der Waals surface area contributed by atoms with Crippen molar-refractivity contribution in [1.29, 1.82) is 0 Å². The summed E-state index contributed by atoms with van der Waals surface area (Å²) >= 11 is 0. The van der Waals surface area contributed by atoms with Gasteiger partial charge in [-0.3, -0.25) is 4.90 Å². The molecule has 4 heteroatoms. The summed E-state index contributed by atoms with van der Waals surface area (Å²) in [4.78, 5) is 2.47. The molecule has 0 radical (unpaired) electrons. The summed E-state index contributed by atoms with van der Waals surface area (Å²) in [5.74, 6) is 0.428. The number of ether oxygens (including phenoxy) is 1. The topological polar surface area (TPSA) is 45.1 Å². The zero-order valence-corrected chi connectivity index (χ0v) is 10.8. The fourth-order valence-electron chi connectivity index (χ4n) is 2.89. The third-order valence-electron chi connectivity index (χ3n) is 3.99. The van der Waals surface area contributed by atoms with E-state index in [9.17, 15) is 0 Å². The molecule has 2 aliphatic rings. The van der Waals surface area contributed by atoms with E-state index in [0.29, 0.717) is 12.0 Å². The van der Waals surface area contributed by atoms with Gasteiger partial charge in [0.25, 0.3) is 0 Å². The standard InChI is InChI=1S/C13H24N2O2/c1-2-11-9-15(7-6-13(11)14-16)10-12-5-3-4-8-17-12/h11-12,16H,2-10H2,1H3. The lowest BCUT2D eigenvalue weighted by Gasteiger charge is -2.35. The summed E-state index contributed by atoms with van der Waals surface area (Å²) in [6, 6.07) is 0. The Hall–Kier alpha value is -0.610. The molecular weight excluding hydrogens is 216 g/mol. The smallest absolute Gasteiger partial charge is 0.0702 e. The second-order valence-electron chi connectivity index (χ2n) is 5.19. The molecule has 2 rings (SSSR count). The van der Waals surface area contributed by atoms with Crippen molar-refractivity contribution in [3.63, 3.8) is 0 Å². The molecule has 0 aromatic heterocycles. The predicted octanol–water partition coefficient (Wildman–Crippen LogP) is 2.12. The van der Waals surface area contributed by atoms with Gasteiger partial charge in [0.05, 0.1) is 11.8 Å². The Labute approximate surface area is 104 Å². The average Bonchev–Trinajstić information content (AvgIpc) is 2.40. The van der Waals surface area contributed by atoms with Crippen LogP contribution < -0.4 is 0 Å². The molecule has 2 fully saturated rings. The summed E-state index contributed by atoms with van der Waals surface area (Å²) in [6.07, 6.45) is 6.11. The molecule has 0 saturated carbocycles. The zero-order chi connectivity index (χ0) is 12.1. The minimum Gasteiger partial charge on any atom is -0.411 e. The first-order valence-corrected chi connectivity index (χ1v) is 6.88. The van der Waals surface area contributed by atoms with E-state index in [4.69, 9.17) is 9.94 Å². The SMILES string of the molecule is CCC1CN(CC2CCCCO2)CCC1=NO. The van der Waals surface area contributed by atoms with Gasteiger partial charge < -0.3 is 9.94 Å². The lowest BCUT2D eigenvalue weighted by molar-refractivity contribution is -0.00807. The van der Waals surface area contributed by atoms with Gasteiger partial charge in [-0.1, -0.05) is 12.1 Å². The second kappa shape index (κ2) is 6.36. The molecule has 1 N–H and O–H groups in total. The van der Waals surface area contributed by atoms with Crippen LogP contribution in [0.4, 0.5) is 0 Å². The highest BCUT2D eigenvalue weighted by molar-refractivity contribution is 5.87. The molecule has 0 amide bonds. The Bertz CT molecular complexity index is 262. The zero-order valence-electron chi connectivity index (χ0n) is 10.8. The fraction of sp³-hybridized carbons (Fsp3) is 0.923. The highest BCUT2D eigenvalue weighted by Gasteiger charge is 2.27. The van der Waals surface area contributed by atoms with Crippen LogP contribution in [-0.2, 0) is 4.74 Å². The highest BCUT2D eigenvalue weighted by atomic mass is 16.5. The Balaban J connectivity index is 1.82. The fourth-order valence-corrected chi connectivity index (χ4v) is 2.89. The van der Waals surface area contributed by atoms with Crippen molar-refractivity contribution in [2.24, 2.45) is 11.1 Å². The number of nitrogens with zero attached hydrogens (tertiary/aromatic N) is 2. The lowest BCUT2D eigenvalue weighted by Crippen LogP contribution is -2.45. The van der Waals surface area contributed by atoms with Crippen LogP contribution in [0, 0.1) is 5.92 Å². The van der Waals surface area contributed by atoms with Crippen LogP contribution in [0.1, 0.15) is 39.0 Å². The van der Waals surface area contributed by atoms with Gasteiger partial charge in [-0.15, -0.1) is 0 Å². The number of hydrogen-bond acceptors (Lipinski definition) is 4. The molecule has 0 aliphatic carbocycles. The first kappa shape index (κ1) is 12.8. The van der Waals surface area contributed by atoms with Crippen molar-refractivity contribution in [3.05, 3.63) is 0 Å². The first-order chi connectivity index (χ1) is 8.33. The van der Waals surface area contributed by atoms with E-state index in [1.165, 1.54) is 19.3 Å². The molecule has 2 heterocycles. The highest BCUT2D eigenvalue weighted by Crippen LogP contribution is 2.20. The number of likely N-dealkylation sites (tertiary alicyclic amines) is 1. The van der Waals surface area contributed by atoms with Crippen molar-refractivity contribution in [2.45, 2.75) is 45.1 Å². The van der Waals surface area contributed by atoms with E-state index in [1.807, 2.05) is 0 Å². The maximum atomic E-state index is 8.94. The predicted molar refractivity (Wildman–Crippen MR) is 67.7 cm³/mol. The van der Waals surface area contributed by atoms with Crippen LogP contribution >= 0.6 is 0 Å². The number of hydrogen-bond donors (Lipinski definition) is 1. The molecule has 17 heavy (non-hydrogen) atoms. The number of piperidine rings is 1. The van der Waals surface area contributed by atoms with Crippen molar-refractivity contribution in [1.82, 2.24) is 4.90 Å². The molecule has 0 aromatic carbocycles. The quantitative estimate of drug-likeness (QED) is 0.607. The summed E-state index contributed by atoms with van der Waals surface area (Å²) in [6.45, 7) is 6.18. The maximum absolute atomic E-state index is 8.94. The number of rotatable bonds is 3. The molecule has 4 nitrogen and oxygen atoms in total. The Morgan fingerprint density at radius 3 is 3.00 bits per heavy atom. The van der Waals surface area contributed by atoms with E-state index in [-0.39, 0.29) is 0 Å². The maximum Gasteiger partial charge on any atom is 0.0702 e. The lowest BCUT2D eigenvalue weighted by atomic mass is 9.93. The van der Waals surface area contributed by atoms with Crippen molar-refractivity contribution < 1.29 is 9.94 Å². The molecule has 0 spiro atoms. The van der Waals surface area contributed by atoms with E-state index < -0.39 is 0 Å². The molecule has 2 saturated heterocycles. The van der Waals surface area contributed by atoms with E-state index in [2.05, 4.69) is 17.0 Å².